The fourth-order valence-electron chi connectivity index (χ4n) is 3.42. The van der Waals surface area contributed by atoms with E-state index in [4.69, 9.17) is 10.5 Å². The number of benzene rings is 2. The van der Waals surface area contributed by atoms with Crippen molar-refractivity contribution < 1.29 is 14.3 Å². The second-order valence-corrected chi connectivity index (χ2v) is 7.10. The summed E-state index contributed by atoms with van der Waals surface area (Å²) in [4.78, 5) is 24.8. The normalized spacial score (nSPS) is 18.3. The van der Waals surface area contributed by atoms with Crippen molar-refractivity contribution >= 4 is 35.6 Å². The van der Waals surface area contributed by atoms with Crippen molar-refractivity contribution in [3.8, 4) is 5.75 Å². The van der Waals surface area contributed by atoms with Crippen LogP contribution in [0.1, 0.15) is 43.0 Å². The average molecular weight is 418 g/mol. The fraction of sp³-hybridized carbons (Fsp3) is 0.364. The molecule has 0 aliphatic heterocycles. The zero-order valence-corrected chi connectivity index (χ0v) is 17.3. The van der Waals surface area contributed by atoms with Gasteiger partial charge in [-0.25, -0.2) is 0 Å². The molecule has 1 fully saturated rings. The predicted octanol–water partition coefficient (Wildman–Crippen LogP) is 4.22. The molecule has 0 spiro atoms. The first-order valence-electron chi connectivity index (χ1n) is 9.76. The van der Waals surface area contributed by atoms with Gasteiger partial charge in [-0.3, -0.25) is 9.59 Å². The summed E-state index contributed by atoms with van der Waals surface area (Å²) in [5.41, 5.74) is 7.86. The molecule has 6 nitrogen and oxygen atoms in total. The molecule has 0 heterocycles. The van der Waals surface area contributed by atoms with Crippen LogP contribution in [0.3, 0.4) is 0 Å². The monoisotopic (exact) mass is 417 g/mol. The molecule has 2 aromatic rings. The highest BCUT2D eigenvalue weighted by Crippen LogP contribution is 2.24. The molecular weight excluding hydrogens is 390 g/mol. The number of carbonyl (C=O) groups is 2. The van der Waals surface area contributed by atoms with Gasteiger partial charge in [0.2, 0.25) is 5.91 Å². The van der Waals surface area contributed by atoms with Crippen molar-refractivity contribution in [1.82, 2.24) is 0 Å². The van der Waals surface area contributed by atoms with Gasteiger partial charge in [0.15, 0.2) is 0 Å². The Hall–Kier alpha value is -2.57. The summed E-state index contributed by atoms with van der Waals surface area (Å²) in [6.07, 6.45) is 3.59. The van der Waals surface area contributed by atoms with E-state index in [2.05, 4.69) is 10.6 Å². The minimum atomic E-state index is -0.208. The number of rotatable bonds is 6. The Morgan fingerprint density at radius 3 is 2.24 bits per heavy atom. The molecule has 2 aromatic carbocycles. The van der Waals surface area contributed by atoms with Crippen LogP contribution in [0.4, 0.5) is 11.4 Å². The highest BCUT2D eigenvalue weighted by atomic mass is 35.5. The van der Waals surface area contributed by atoms with Crippen LogP contribution in [0.5, 0.6) is 5.75 Å². The highest BCUT2D eigenvalue weighted by molar-refractivity contribution is 6.04. The van der Waals surface area contributed by atoms with Crippen molar-refractivity contribution in [3.05, 3.63) is 54.1 Å². The molecule has 0 saturated heterocycles. The number of ether oxygens (including phenoxy) is 1. The topological polar surface area (TPSA) is 93.5 Å². The Balaban J connectivity index is 0.00000300. The van der Waals surface area contributed by atoms with Gasteiger partial charge in [0, 0.05) is 28.9 Å². The molecule has 156 valence electrons. The molecule has 2 unspecified atom stereocenters. The van der Waals surface area contributed by atoms with Crippen LogP contribution in [0.2, 0.25) is 0 Å². The number of halogens is 1. The number of carbonyl (C=O) groups excluding carboxylic acids is 2. The van der Waals surface area contributed by atoms with Crippen LogP contribution in [0.25, 0.3) is 0 Å². The van der Waals surface area contributed by atoms with Crippen LogP contribution in [0, 0.1) is 5.92 Å². The van der Waals surface area contributed by atoms with E-state index >= 15 is 0 Å². The lowest BCUT2D eigenvalue weighted by atomic mass is 9.85. The zero-order chi connectivity index (χ0) is 19.9. The maximum absolute atomic E-state index is 12.4. The first-order valence-corrected chi connectivity index (χ1v) is 9.76. The van der Waals surface area contributed by atoms with E-state index in [-0.39, 0.29) is 36.2 Å². The van der Waals surface area contributed by atoms with E-state index in [9.17, 15) is 9.59 Å². The lowest BCUT2D eigenvalue weighted by molar-refractivity contribution is -0.120. The smallest absolute Gasteiger partial charge is 0.255 e. The summed E-state index contributed by atoms with van der Waals surface area (Å²) < 4.78 is 5.39. The molecule has 2 amide bonds. The van der Waals surface area contributed by atoms with Gasteiger partial charge >= 0.3 is 0 Å². The second kappa shape index (κ2) is 10.8. The lowest BCUT2D eigenvalue weighted by Crippen LogP contribution is -2.34. The van der Waals surface area contributed by atoms with Gasteiger partial charge in [0.05, 0.1) is 6.61 Å². The van der Waals surface area contributed by atoms with E-state index < -0.39 is 0 Å². The van der Waals surface area contributed by atoms with Crippen molar-refractivity contribution in [1.29, 1.82) is 0 Å². The number of hydrogen-bond acceptors (Lipinski definition) is 4. The SMILES string of the molecule is CCOc1ccc(NC(=O)c2ccc(NC(=O)C3CCCC(N)C3)cc2)cc1.Cl. The third-order valence-electron chi connectivity index (χ3n) is 4.92. The first-order chi connectivity index (χ1) is 13.5. The molecule has 1 aliphatic carbocycles. The third-order valence-corrected chi connectivity index (χ3v) is 4.92. The van der Waals surface area contributed by atoms with E-state index in [0.29, 0.717) is 23.5 Å². The molecule has 29 heavy (non-hydrogen) atoms. The molecule has 0 bridgehead atoms. The molecular formula is C22H28ClN3O3. The quantitative estimate of drug-likeness (QED) is 0.656. The Kier molecular flexibility index (Phi) is 8.49. The van der Waals surface area contributed by atoms with Crippen molar-refractivity contribution in [2.45, 2.75) is 38.6 Å². The van der Waals surface area contributed by atoms with Crippen LogP contribution >= 0.6 is 12.4 Å². The Morgan fingerprint density at radius 2 is 1.62 bits per heavy atom. The summed E-state index contributed by atoms with van der Waals surface area (Å²) in [5, 5.41) is 5.77. The summed E-state index contributed by atoms with van der Waals surface area (Å²) in [7, 11) is 0. The number of nitrogens with one attached hydrogen (secondary N) is 2. The van der Waals surface area contributed by atoms with E-state index in [1.165, 1.54) is 0 Å². The maximum atomic E-state index is 12.4. The number of nitrogens with two attached hydrogens (primary N) is 1. The van der Waals surface area contributed by atoms with Gasteiger partial charge in [0.1, 0.15) is 5.75 Å². The second-order valence-electron chi connectivity index (χ2n) is 7.10. The first kappa shape index (κ1) is 22.7. The van der Waals surface area contributed by atoms with Crippen LogP contribution in [-0.2, 0) is 4.79 Å². The average Bonchev–Trinajstić information content (AvgIpc) is 2.70. The molecule has 3 rings (SSSR count). The number of amides is 2. The Labute approximate surface area is 177 Å². The summed E-state index contributed by atoms with van der Waals surface area (Å²) in [5.74, 6) is 0.521. The molecule has 2 atom stereocenters. The van der Waals surface area contributed by atoms with Crippen LogP contribution in [0.15, 0.2) is 48.5 Å². The van der Waals surface area contributed by atoms with E-state index in [0.717, 1.165) is 31.4 Å². The molecule has 4 N–H and O–H groups in total. The van der Waals surface area contributed by atoms with Gasteiger partial charge in [0.25, 0.3) is 5.91 Å². The van der Waals surface area contributed by atoms with Crippen LogP contribution in [-0.4, -0.2) is 24.5 Å². The van der Waals surface area contributed by atoms with Gasteiger partial charge in [-0.15, -0.1) is 12.4 Å². The summed E-state index contributed by atoms with van der Waals surface area (Å²) in [6.45, 7) is 2.52. The van der Waals surface area contributed by atoms with Crippen LogP contribution < -0.4 is 21.1 Å². The highest BCUT2D eigenvalue weighted by Gasteiger charge is 2.25. The fourth-order valence-corrected chi connectivity index (χ4v) is 3.42. The molecule has 0 aromatic heterocycles. The number of anilines is 2. The Morgan fingerprint density at radius 1 is 1.00 bits per heavy atom. The molecule has 7 heteroatoms. The standard InChI is InChI=1S/C22H27N3O3.ClH/c1-2-28-20-12-10-19(11-13-20)24-21(26)15-6-8-18(9-7-15)25-22(27)16-4-3-5-17(23)14-16;/h6-13,16-17H,2-5,14,23H2,1H3,(H,24,26)(H,25,27);1H. The number of hydrogen-bond donors (Lipinski definition) is 3. The zero-order valence-electron chi connectivity index (χ0n) is 16.5. The predicted molar refractivity (Wildman–Crippen MR) is 118 cm³/mol. The maximum Gasteiger partial charge on any atom is 0.255 e. The van der Waals surface area contributed by atoms with Crippen molar-refractivity contribution in [2.24, 2.45) is 11.7 Å². The van der Waals surface area contributed by atoms with Gasteiger partial charge in [-0.2, -0.15) is 0 Å². The summed E-state index contributed by atoms with van der Waals surface area (Å²) >= 11 is 0. The van der Waals surface area contributed by atoms with Gasteiger partial charge in [-0.05, 0) is 74.7 Å². The van der Waals surface area contributed by atoms with E-state index in [1.807, 2.05) is 19.1 Å². The molecule has 0 radical (unpaired) electrons. The van der Waals surface area contributed by atoms with E-state index in [1.54, 1.807) is 36.4 Å². The van der Waals surface area contributed by atoms with Crippen molar-refractivity contribution in [2.75, 3.05) is 17.2 Å². The third kappa shape index (κ3) is 6.48. The summed E-state index contributed by atoms with van der Waals surface area (Å²) in [6, 6.07) is 14.2. The minimum absolute atomic E-state index is 0. The van der Waals surface area contributed by atoms with Gasteiger partial charge in [-0.1, -0.05) is 6.42 Å². The largest absolute Gasteiger partial charge is 0.494 e. The lowest BCUT2D eigenvalue weighted by Gasteiger charge is -2.25. The van der Waals surface area contributed by atoms with Crippen molar-refractivity contribution in [3.63, 3.8) is 0 Å². The minimum Gasteiger partial charge on any atom is -0.494 e. The van der Waals surface area contributed by atoms with Gasteiger partial charge < -0.3 is 21.1 Å². The Bertz CT molecular complexity index is 809. The molecule has 1 aliphatic rings. The molecule has 1 saturated carbocycles.